The Bertz CT molecular complexity index is 624. The summed E-state index contributed by atoms with van der Waals surface area (Å²) in [5.41, 5.74) is -0.0935. The van der Waals surface area contributed by atoms with Gasteiger partial charge in [0.1, 0.15) is 4.60 Å². The minimum absolute atomic E-state index is 0.0935. The van der Waals surface area contributed by atoms with Crippen LogP contribution in [0.1, 0.15) is 8.22 Å². The van der Waals surface area contributed by atoms with Gasteiger partial charge in [0, 0.05) is 12.3 Å². The summed E-state index contributed by atoms with van der Waals surface area (Å²) in [6.07, 6.45) is -0.994. The number of aromatic nitrogens is 3. The summed E-state index contributed by atoms with van der Waals surface area (Å²) in [6, 6.07) is 0. The molecule has 0 amide bonds. The lowest BCUT2D eigenvalue weighted by Gasteiger charge is -1.99. The number of halogens is 1. The molecule has 5 heteroatoms. The molecule has 2 rings (SSSR count). The highest BCUT2D eigenvalue weighted by atomic mass is 79.9. The normalized spacial score (nSPS) is 18.8. The van der Waals surface area contributed by atoms with Crippen molar-refractivity contribution < 1.29 is 13.0 Å². The number of fused-ring (bicyclic) bond motifs is 1. The monoisotopic (exact) mass is 233 g/mol. The molecule has 12 heavy (non-hydrogen) atoms. The summed E-state index contributed by atoms with van der Waals surface area (Å²) in [5, 5.41) is 0. The van der Waals surface area contributed by atoms with E-state index in [2.05, 4.69) is 30.6 Å². The summed E-state index contributed by atoms with van der Waals surface area (Å²) in [5.74, 6) is -0.407. The first-order valence-electron chi connectivity index (χ1n) is 5.91. The number of hydrogen-bond donors (Lipinski definition) is 0. The van der Waals surface area contributed by atoms with E-state index in [9.17, 15) is 0 Å². The summed E-state index contributed by atoms with van der Waals surface area (Å²) < 4.78 is 49.4. The molecule has 0 bridgehead atoms. The van der Waals surface area contributed by atoms with Gasteiger partial charge in [0.15, 0.2) is 0 Å². The molecule has 0 aliphatic carbocycles. The van der Waals surface area contributed by atoms with Crippen molar-refractivity contribution >= 4 is 21.6 Å². The van der Waals surface area contributed by atoms with Crippen molar-refractivity contribution in [2.75, 3.05) is 7.04 Å². The second-order valence-electron chi connectivity index (χ2n) is 1.92. The van der Waals surface area contributed by atoms with Gasteiger partial charge >= 0.3 is 0 Å². The van der Waals surface area contributed by atoms with Gasteiger partial charge in [-0.1, -0.05) is 0 Å². The van der Waals surface area contributed by atoms with Crippen LogP contribution in [0.5, 0.6) is 5.88 Å². The van der Waals surface area contributed by atoms with Gasteiger partial charge in [0.25, 0.3) is 5.88 Å². The van der Waals surface area contributed by atoms with Crippen molar-refractivity contribution in [3.8, 4) is 5.88 Å². The SMILES string of the molecule is [2H]c1nc(OC([2H])([2H])[2H])c2nc([2H])c(Br)n2c1[2H]. The fourth-order valence-electron chi connectivity index (χ4n) is 0.782. The van der Waals surface area contributed by atoms with Crippen LogP contribution in [-0.4, -0.2) is 21.4 Å². The fraction of sp³-hybridized carbons (Fsp3) is 0.143. The first-order valence-corrected chi connectivity index (χ1v) is 3.71. The maximum atomic E-state index is 7.63. The zero-order valence-electron chi connectivity index (χ0n) is 11.6. The highest BCUT2D eigenvalue weighted by molar-refractivity contribution is 9.10. The molecule has 62 valence electrons. The molecule has 0 saturated carbocycles. The predicted octanol–water partition coefficient (Wildman–Crippen LogP) is 1.50. The number of rotatable bonds is 1. The minimum Gasteiger partial charge on any atom is -0.478 e. The third-order valence-electron chi connectivity index (χ3n) is 1.27. The van der Waals surface area contributed by atoms with Crippen molar-refractivity contribution in [1.82, 2.24) is 14.4 Å². The van der Waals surface area contributed by atoms with Crippen LogP contribution in [0.25, 0.3) is 5.65 Å². The van der Waals surface area contributed by atoms with Gasteiger partial charge in [-0.2, -0.15) is 0 Å². The summed E-state index contributed by atoms with van der Waals surface area (Å²) in [6.45, 7) is 0. The van der Waals surface area contributed by atoms with Gasteiger partial charge in [-0.3, -0.25) is 4.40 Å². The van der Waals surface area contributed by atoms with E-state index in [1.807, 2.05) is 0 Å². The van der Waals surface area contributed by atoms with E-state index in [0.717, 1.165) is 4.40 Å². The Hall–Kier alpha value is -1.10. The van der Waals surface area contributed by atoms with Crippen LogP contribution in [0.15, 0.2) is 23.1 Å². The molecule has 2 heterocycles. The average molecular weight is 234 g/mol. The standard InChI is InChI=1S/C7H6BrN3O/c1-12-7-6-10-4-5(8)11(6)3-2-9-7/h2-4H,1H3/i1D3,2D,3D,4D. The van der Waals surface area contributed by atoms with Crippen molar-refractivity contribution in [3.05, 3.63) is 23.1 Å². The van der Waals surface area contributed by atoms with E-state index in [-0.39, 0.29) is 22.6 Å². The van der Waals surface area contributed by atoms with Crippen LogP contribution in [-0.2, 0) is 0 Å². The third kappa shape index (κ3) is 0.972. The molecule has 0 aliphatic heterocycles. The minimum atomic E-state index is -2.75. The first kappa shape index (κ1) is 3.33. The molecule has 0 saturated heterocycles. The molecule has 0 aliphatic rings. The quantitative estimate of drug-likeness (QED) is 0.750. The molecule has 0 atom stereocenters. The summed E-state index contributed by atoms with van der Waals surface area (Å²) in [7, 11) is -2.75. The van der Waals surface area contributed by atoms with Crippen molar-refractivity contribution in [2.24, 2.45) is 0 Å². The molecule has 0 aromatic carbocycles. The lowest BCUT2D eigenvalue weighted by molar-refractivity contribution is 0.400. The maximum Gasteiger partial charge on any atom is 0.258 e. The van der Waals surface area contributed by atoms with Crippen LogP contribution in [0.2, 0.25) is 0 Å². The van der Waals surface area contributed by atoms with Crippen LogP contribution < -0.4 is 4.74 Å². The maximum absolute atomic E-state index is 7.63. The fourth-order valence-corrected chi connectivity index (χ4v) is 1.13. The van der Waals surface area contributed by atoms with E-state index in [4.69, 9.17) is 8.22 Å². The number of methoxy groups -OCH3 is 1. The van der Waals surface area contributed by atoms with Gasteiger partial charge in [-0.15, -0.1) is 0 Å². The Kier molecular flexibility index (Phi) is 0.763. The average Bonchev–Trinajstić information content (AvgIpc) is 2.50. The molecule has 4 nitrogen and oxygen atoms in total. The van der Waals surface area contributed by atoms with Gasteiger partial charge in [0.05, 0.1) is 21.4 Å². The lowest BCUT2D eigenvalue weighted by Crippen LogP contribution is -1.93. The Balaban J connectivity index is 2.75. The molecule has 0 N–H and O–H groups in total. The third-order valence-corrected chi connectivity index (χ3v) is 1.80. The molecular weight excluding hydrogens is 222 g/mol. The van der Waals surface area contributed by atoms with Crippen LogP contribution in [0.3, 0.4) is 0 Å². The van der Waals surface area contributed by atoms with E-state index in [0.29, 0.717) is 0 Å². The highest BCUT2D eigenvalue weighted by Gasteiger charge is 2.05. The van der Waals surface area contributed by atoms with Crippen molar-refractivity contribution in [1.29, 1.82) is 0 Å². The molecule has 0 radical (unpaired) electrons. The van der Waals surface area contributed by atoms with Gasteiger partial charge in [-0.25, -0.2) is 9.97 Å². The molecule has 0 unspecified atom stereocenters. The second kappa shape index (κ2) is 2.75. The van der Waals surface area contributed by atoms with E-state index < -0.39 is 19.1 Å². The van der Waals surface area contributed by atoms with E-state index in [1.165, 1.54) is 0 Å². The Morgan fingerprint density at radius 3 is 3.50 bits per heavy atom. The highest BCUT2D eigenvalue weighted by Crippen LogP contribution is 2.18. The Morgan fingerprint density at radius 2 is 2.67 bits per heavy atom. The molecule has 0 spiro atoms. The summed E-state index contributed by atoms with van der Waals surface area (Å²) in [4.78, 5) is 7.29. The van der Waals surface area contributed by atoms with E-state index >= 15 is 0 Å². The van der Waals surface area contributed by atoms with Crippen LogP contribution in [0.4, 0.5) is 0 Å². The predicted molar refractivity (Wildman–Crippen MR) is 47.2 cm³/mol. The Morgan fingerprint density at radius 1 is 1.75 bits per heavy atom. The molecule has 2 aromatic rings. The second-order valence-corrected chi connectivity index (χ2v) is 2.67. The number of nitrogens with zero attached hydrogens (tertiary/aromatic N) is 3. The van der Waals surface area contributed by atoms with Crippen molar-refractivity contribution in [3.63, 3.8) is 0 Å². The number of ether oxygens (including phenoxy) is 1. The Labute approximate surface area is 85.8 Å². The molecule has 0 fully saturated rings. The smallest absolute Gasteiger partial charge is 0.258 e. The zero-order valence-corrected chi connectivity index (χ0v) is 7.21. The summed E-state index contributed by atoms with van der Waals surface area (Å²) >= 11 is 3.04. The van der Waals surface area contributed by atoms with Gasteiger partial charge in [0.2, 0.25) is 5.65 Å². The van der Waals surface area contributed by atoms with E-state index in [1.54, 1.807) is 0 Å². The number of imidazole rings is 1. The van der Waals surface area contributed by atoms with Crippen molar-refractivity contribution in [2.45, 2.75) is 0 Å². The molecular formula is C7H6BrN3O. The van der Waals surface area contributed by atoms with Gasteiger partial charge in [-0.05, 0) is 15.9 Å². The largest absolute Gasteiger partial charge is 0.478 e. The lowest BCUT2D eigenvalue weighted by atomic mass is 10.6. The van der Waals surface area contributed by atoms with Crippen LogP contribution in [0, 0.1) is 0 Å². The number of hydrogen-bond acceptors (Lipinski definition) is 3. The molecule has 2 aromatic heterocycles. The topological polar surface area (TPSA) is 39.4 Å². The van der Waals surface area contributed by atoms with Gasteiger partial charge < -0.3 is 4.74 Å². The zero-order chi connectivity index (χ0) is 13.7. The van der Waals surface area contributed by atoms with Crippen LogP contribution >= 0.6 is 15.9 Å². The first-order chi connectivity index (χ1) is 8.20.